The fourth-order valence-electron chi connectivity index (χ4n) is 2.59. The van der Waals surface area contributed by atoms with Gasteiger partial charge in [-0.2, -0.15) is 0 Å². The maximum Gasteiger partial charge on any atom is 0.0928 e. The van der Waals surface area contributed by atoms with Crippen molar-refractivity contribution in [2.24, 2.45) is 0 Å². The molecular weight excluding hydrogens is 260 g/mol. The summed E-state index contributed by atoms with van der Waals surface area (Å²) < 4.78 is 0. The number of nitrogens with zero attached hydrogens (tertiary/aromatic N) is 1. The second kappa shape index (κ2) is 7.25. The number of aliphatic hydroxyl groups excluding tert-OH is 1. The van der Waals surface area contributed by atoms with Crippen LogP contribution in [0.1, 0.15) is 31.4 Å². The highest BCUT2D eigenvalue weighted by atomic mass is 35.5. The normalized spacial score (nSPS) is 19.5. The highest BCUT2D eigenvalue weighted by molar-refractivity contribution is 6.31. The molecule has 0 aliphatic carbocycles. The van der Waals surface area contributed by atoms with Crippen LogP contribution < -0.4 is 5.32 Å². The molecule has 1 aliphatic rings. The van der Waals surface area contributed by atoms with Gasteiger partial charge in [-0.25, -0.2) is 0 Å². The molecule has 1 aliphatic heterocycles. The number of rotatable bonds is 6. The number of halogens is 1. The molecule has 0 spiro atoms. The molecule has 2 N–H and O–H groups in total. The lowest BCUT2D eigenvalue weighted by Crippen LogP contribution is -2.39. The Morgan fingerprint density at radius 1 is 1.32 bits per heavy atom. The smallest absolute Gasteiger partial charge is 0.0928 e. The third-order valence-corrected chi connectivity index (χ3v) is 4.00. The first-order valence-corrected chi connectivity index (χ1v) is 7.43. The number of hydrogen-bond acceptors (Lipinski definition) is 3. The van der Waals surface area contributed by atoms with Crippen LogP contribution in [0.5, 0.6) is 0 Å². The van der Waals surface area contributed by atoms with E-state index >= 15 is 0 Å². The topological polar surface area (TPSA) is 35.5 Å². The molecule has 0 radical (unpaired) electrons. The molecule has 106 valence electrons. The summed E-state index contributed by atoms with van der Waals surface area (Å²) in [5.74, 6) is 0. The van der Waals surface area contributed by atoms with Crippen LogP contribution in [-0.4, -0.2) is 42.2 Å². The molecule has 3 nitrogen and oxygen atoms in total. The molecule has 19 heavy (non-hydrogen) atoms. The van der Waals surface area contributed by atoms with Crippen LogP contribution in [0.3, 0.4) is 0 Å². The Bertz CT molecular complexity index is 393. The van der Waals surface area contributed by atoms with E-state index in [1.165, 1.54) is 25.9 Å². The lowest BCUT2D eigenvalue weighted by molar-refractivity contribution is 0.166. The third kappa shape index (κ3) is 4.46. The maximum absolute atomic E-state index is 10.2. The van der Waals surface area contributed by atoms with Crippen molar-refractivity contribution in [3.05, 3.63) is 34.9 Å². The second-order valence-corrected chi connectivity index (χ2v) is 5.76. The van der Waals surface area contributed by atoms with Crippen molar-refractivity contribution in [3.8, 4) is 0 Å². The molecule has 4 heteroatoms. The SMILES string of the molecule is CC(CN1CCCC1)NCC(O)c1ccccc1Cl. The predicted octanol–water partition coefficient (Wildman–Crippen LogP) is 2.45. The molecule has 0 aromatic heterocycles. The average molecular weight is 283 g/mol. The van der Waals surface area contributed by atoms with E-state index in [1.54, 1.807) is 0 Å². The van der Waals surface area contributed by atoms with Gasteiger partial charge in [0.2, 0.25) is 0 Å². The number of benzene rings is 1. The fraction of sp³-hybridized carbons (Fsp3) is 0.600. The van der Waals surface area contributed by atoms with Crippen molar-refractivity contribution in [1.82, 2.24) is 10.2 Å². The molecule has 1 heterocycles. The summed E-state index contributed by atoms with van der Waals surface area (Å²) in [5.41, 5.74) is 0.796. The highest BCUT2D eigenvalue weighted by Gasteiger charge is 2.16. The van der Waals surface area contributed by atoms with Gasteiger partial charge in [0.1, 0.15) is 0 Å². The van der Waals surface area contributed by atoms with E-state index in [0.29, 0.717) is 17.6 Å². The van der Waals surface area contributed by atoms with Crippen LogP contribution in [0.4, 0.5) is 0 Å². The minimum atomic E-state index is -0.547. The fourth-order valence-corrected chi connectivity index (χ4v) is 2.85. The minimum absolute atomic E-state index is 0.384. The van der Waals surface area contributed by atoms with Gasteiger partial charge in [-0.1, -0.05) is 29.8 Å². The molecule has 1 saturated heterocycles. The van der Waals surface area contributed by atoms with E-state index in [0.717, 1.165) is 12.1 Å². The summed E-state index contributed by atoms with van der Waals surface area (Å²) >= 11 is 6.08. The standard InChI is InChI=1S/C15H23ClN2O/c1-12(11-18-8-4-5-9-18)17-10-15(19)13-6-2-3-7-14(13)16/h2-3,6-7,12,15,17,19H,4-5,8-11H2,1H3. The van der Waals surface area contributed by atoms with Gasteiger partial charge in [-0.05, 0) is 38.9 Å². The van der Waals surface area contributed by atoms with Crippen molar-refractivity contribution >= 4 is 11.6 Å². The summed E-state index contributed by atoms with van der Waals surface area (Å²) in [6, 6.07) is 7.85. The Balaban J connectivity index is 1.76. The molecule has 0 bridgehead atoms. The van der Waals surface area contributed by atoms with E-state index in [4.69, 9.17) is 11.6 Å². The van der Waals surface area contributed by atoms with Crippen molar-refractivity contribution in [2.75, 3.05) is 26.2 Å². The quantitative estimate of drug-likeness (QED) is 0.841. The molecule has 0 saturated carbocycles. The summed E-state index contributed by atoms with van der Waals surface area (Å²) in [4.78, 5) is 2.47. The van der Waals surface area contributed by atoms with Crippen molar-refractivity contribution in [2.45, 2.75) is 31.9 Å². The molecule has 0 amide bonds. The lowest BCUT2D eigenvalue weighted by atomic mass is 10.1. The summed E-state index contributed by atoms with van der Waals surface area (Å²) in [7, 11) is 0. The zero-order chi connectivity index (χ0) is 13.7. The van der Waals surface area contributed by atoms with Crippen LogP contribution in [0.25, 0.3) is 0 Å². The first-order valence-electron chi connectivity index (χ1n) is 7.05. The summed E-state index contributed by atoms with van der Waals surface area (Å²) in [5, 5.41) is 14.2. The van der Waals surface area contributed by atoms with Gasteiger partial charge in [0.25, 0.3) is 0 Å². The lowest BCUT2D eigenvalue weighted by Gasteiger charge is -2.23. The number of aliphatic hydroxyl groups is 1. The highest BCUT2D eigenvalue weighted by Crippen LogP contribution is 2.21. The van der Waals surface area contributed by atoms with Gasteiger partial charge in [0.15, 0.2) is 0 Å². The van der Waals surface area contributed by atoms with Crippen LogP contribution in [-0.2, 0) is 0 Å². The van der Waals surface area contributed by atoms with E-state index < -0.39 is 6.10 Å². The summed E-state index contributed by atoms with van der Waals surface area (Å²) in [6.07, 6.45) is 2.08. The monoisotopic (exact) mass is 282 g/mol. The van der Waals surface area contributed by atoms with Gasteiger partial charge in [-0.3, -0.25) is 0 Å². The number of nitrogens with one attached hydrogen (secondary N) is 1. The molecule has 1 aromatic carbocycles. The molecule has 1 fully saturated rings. The van der Waals surface area contributed by atoms with Gasteiger partial charge in [-0.15, -0.1) is 0 Å². The van der Waals surface area contributed by atoms with Gasteiger partial charge in [0.05, 0.1) is 6.10 Å². The minimum Gasteiger partial charge on any atom is -0.387 e. The van der Waals surface area contributed by atoms with Gasteiger partial charge >= 0.3 is 0 Å². The van der Waals surface area contributed by atoms with Gasteiger partial charge in [0, 0.05) is 29.7 Å². The first-order chi connectivity index (χ1) is 9.16. The Hall–Kier alpha value is -0.610. The largest absolute Gasteiger partial charge is 0.387 e. The van der Waals surface area contributed by atoms with Crippen LogP contribution in [0.15, 0.2) is 24.3 Å². The molecule has 2 unspecified atom stereocenters. The van der Waals surface area contributed by atoms with Crippen molar-refractivity contribution in [1.29, 1.82) is 0 Å². The number of hydrogen-bond donors (Lipinski definition) is 2. The van der Waals surface area contributed by atoms with Crippen molar-refractivity contribution in [3.63, 3.8) is 0 Å². The van der Waals surface area contributed by atoms with Crippen LogP contribution in [0, 0.1) is 0 Å². The number of likely N-dealkylation sites (tertiary alicyclic amines) is 1. The van der Waals surface area contributed by atoms with E-state index in [-0.39, 0.29) is 0 Å². The first kappa shape index (κ1) is 14.8. The summed E-state index contributed by atoms with van der Waals surface area (Å²) in [6.45, 7) is 6.17. The van der Waals surface area contributed by atoms with Crippen LogP contribution in [0.2, 0.25) is 5.02 Å². The second-order valence-electron chi connectivity index (χ2n) is 5.35. The van der Waals surface area contributed by atoms with E-state index in [9.17, 15) is 5.11 Å². The predicted molar refractivity (Wildman–Crippen MR) is 79.6 cm³/mol. The Labute approximate surface area is 120 Å². The molecule has 2 atom stereocenters. The molecule has 1 aromatic rings. The Morgan fingerprint density at radius 2 is 2.00 bits per heavy atom. The van der Waals surface area contributed by atoms with Crippen LogP contribution >= 0.6 is 11.6 Å². The van der Waals surface area contributed by atoms with E-state index in [2.05, 4.69) is 17.1 Å². The van der Waals surface area contributed by atoms with Gasteiger partial charge < -0.3 is 15.3 Å². The Kier molecular flexibility index (Phi) is 5.64. The molecule has 2 rings (SSSR count). The average Bonchev–Trinajstić information content (AvgIpc) is 2.89. The van der Waals surface area contributed by atoms with Crippen molar-refractivity contribution < 1.29 is 5.11 Å². The van der Waals surface area contributed by atoms with E-state index in [1.807, 2.05) is 24.3 Å². The molecular formula is C15H23ClN2O. The zero-order valence-electron chi connectivity index (χ0n) is 11.5. The maximum atomic E-state index is 10.2. The Morgan fingerprint density at radius 3 is 2.68 bits per heavy atom. The zero-order valence-corrected chi connectivity index (χ0v) is 12.2. The third-order valence-electron chi connectivity index (χ3n) is 3.65.